The van der Waals surface area contributed by atoms with Gasteiger partial charge in [0.25, 0.3) is 0 Å². The lowest BCUT2D eigenvalue weighted by Gasteiger charge is -2.09. The Morgan fingerprint density at radius 1 is 1.43 bits per heavy atom. The number of hydrogen-bond acceptors (Lipinski definition) is 2. The first-order chi connectivity index (χ1) is 6.53. The van der Waals surface area contributed by atoms with Crippen LogP contribution < -0.4 is 10.1 Å². The molecule has 76 valence electrons. The normalized spacial score (nSPS) is 17.4. The second-order valence-electron chi connectivity index (χ2n) is 3.40. The van der Waals surface area contributed by atoms with Crippen LogP contribution >= 0.6 is 0 Å². The number of nitrogens with one attached hydrogen (secondary N) is 1. The minimum atomic E-state index is -3.06. The Balaban J connectivity index is 2.53. The molecule has 0 bridgehead atoms. The fourth-order valence-corrected chi connectivity index (χ4v) is 1.69. The summed E-state index contributed by atoms with van der Waals surface area (Å²) in [5.41, 5.74) is 2.02. The number of ether oxygens (including phenoxy) is 1. The largest absolute Gasteiger partial charge is 0.432 e. The molecule has 0 radical (unpaired) electrons. The van der Waals surface area contributed by atoms with Gasteiger partial charge in [-0.3, -0.25) is 0 Å². The van der Waals surface area contributed by atoms with Gasteiger partial charge in [0, 0.05) is 18.3 Å². The molecule has 1 aliphatic heterocycles. The quantitative estimate of drug-likeness (QED) is 0.750. The van der Waals surface area contributed by atoms with Gasteiger partial charge in [-0.25, -0.2) is 0 Å². The molecule has 0 saturated carbocycles. The van der Waals surface area contributed by atoms with Crippen LogP contribution in [0.1, 0.15) is 11.1 Å². The van der Waals surface area contributed by atoms with Crippen LogP contribution in [-0.4, -0.2) is 13.2 Å². The number of aryl methyl sites for hydroxylation is 1. The van der Waals surface area contributed by atoms with Crippen LogP contribution in [-0.2, 0) is 6.42 Å². The molecule has 0 fully saturated rings. The summed E-state index contributed by atoms with van der Waals surface area (Å²) < 4.78 is 30.6. The van der Waals surface area contributed by atoms with Gasteiger partial charge < -0.3 is 10.1 Å². The summed E-state index contributed by atoms with van der Waals surface area (Å²) in [6.07, 6.45) is -3.40. The van der Waals surface area contributed by atoms with Crippen molar-refractivity contribution in [1.29, 1.82) is 0 Å². The molecule has 1 N–H and O–H groups in total. The van der Waals surface area contributed by atoms with Gasteiger partial charge in [-0.2, -0.15) is 8.78 Å². The summed E-state index contributed by atoms with van der Waals surface area (Å²) in [6, 6.07) is 3.56. The Bertz CT molecular complexity index is 377. The highest BCUT2D eigenvalue weighted by molar-refractivity contribution is 5.62. The standard InChI is InChI=1S/C10H11F2NO/c1-6-3-4-8(13-2)7-5-10(11,12)14-9(6)7/h3-4,13H,5H2,1-2H3. The predicted molar refractivity (Wildman–Crippen MR) is 50.0 cm³/mol. The van der Waals surface area contributed by atoms with Crippen molar-refractivity contribution in [2.45, 2.75) is 19.5 Å². The van der Waals surface area contributed by atoms with E-state index in [9.17, 15) is 8.78 Å². The van der Waals surface area contributed by atoms with Crippen LogP contribution in [0.5, 0.6) is 5.75 Å². The summed E-state index contributed by atoms with van der Waals surface area (Å²) >= 11 is 0. The molecule has 1 heterocycles. The van der Waals surface area contributed by atoms with Crippen molar-refractivity contribution in [2.24, 2.45) is 0 Å². The Labute approximate surface area is 80.9 Å². The molecule has 4 heteroatoms. The lowest BCUT2D eigenvalue weighted by atomic mass is 10.1. The molecule has 1 aromatic carbocycles. The van der Waals surface area contributed by atoms with Crippen molar-refractivity contribution in [3.05, 3.63) is 23.3 Å². The van der Waals surface area contributed by atoms with E-state index in [-0.39, 0.29) is 6.42 Å². The number of fused-ring (bicyclic) bond motifs is 1. The SMILES string of the molecule is CNc1ccc(C)c2c1CC(F)(F)O2. The summed E-state index contributed by atoms with van der Waals surface area (Å²) in [5.74, 6) is 0.321. The second kappa shape index (κ2) is 2.83. The minimum Gasteiger partial charge on any atom is -0.432 e. The lowest BCUT2D eigenvalue weighted by Crippen LogP contribution is -2.20. The third kappa shape index (κ3) is 1.31. The third-order valence-corrected chi connectivity index (χ3v) is 2.36. The minimum absolute atomic E-state index is 0.321. The first-order valence-corrected chi connectivity index (χ1v) is 4.40. The lowest BCUT2D eigenvalue weighted by molar-refractivity contribution is -0.159. The van der Waals surface area contributed by atoms with Crippen LogP contribution in [0.2, 0.25) is 0 Å². The molecule has 0 aromatic heterocycles. The average molecular weight is 199 g/mol. The highest BCUT2D eigenvalue weighted by Crippen LogP contribution is 2.42. The van der Waals surface area contributed by atoms with Crippen LogP contribution in [0.4, 0.5) is 14.5 Å². The fraction of sp³-hybridized carbons (Fsp3) is 0.400. The molecule has 0 atom stereocenters. The zero-order chi connectivity index (χ0) is 10.3. The second-order valence-corrected chi connectivity index (χ2v) is 3.40. The fourth-order valence-electron chi connectivity index (χ4n) is 1.69. The van der Waals surface area contributed by atoms with E-state index in [1.807, 2.05) is 0 Å². The van der Waals surface area contributed by atoms with E-state index < -0.39 is 6.11 Å². The van der Waals surface area contributed by atoms with E-state index in [1.165, 1.54) is 0 Å². The molecule has 0 saturated heterocycles. The Morgan fingerprint density at radius 3 is 2.79 bits per heavy atom. The topological polar surface area (TPSA) is 21.3 Å². The number of rotatable bonds is 1. The average Bonchev–Trinajstić information content (AvgIpc) is 2.42. The maximum absolute atomic E-state index is 13.0. The summed E-state index contributed by atoms with van der Waals surface area (Å²) in [6.45, 7) is 1.76. The van der Waals surface area contributed by atoms with Gasteiger partial charge in [0.15, 0.2) is 0 Å². The summed E-state index contributed by atoms with van der Waals surface area (Å²) in [7, 11) is 1.71. The molecule has 0 spiro atoms. The van der Waals surface area contributed by atoms with Crippen molar-refractivity contribution in [1.82, 2.24) is 0 Å². The van der Waals surface area contributed by atoms with E-state index in [4.69, 9.17) is 0 Å². The maximum Gasteiger partial charge on any atom is 0.402 e. The molecule has 0 aliphatic carbocycles. The Kier molecular flexibility index (Phi) is 1.87. The van der Waals surface area contributed by atoms with Crippen LogP contribution in [0, 0.1) is 6.92 Å². The number of hydrogen-bond donors (Lipinski definition) is 1. The van der Waals surface area contributed by atoms with Gasteiger partial charge >= 0.3 is 6.11 Å². The van der Waals surface area contributed by atoms with Gasteiger partial charge in [0.05, 0.1) is 6.42 Å². The molecule has 0 amide bonds. The highest BCUT2D eigenvalue weighted by atomic mass is 19.3. The molecule has 1 aliphatic rings. The molecule has 0 unspecified atom stereocenters. The molecular formula is C10H11F2NO. The monoisotopic (exact) mass is 199 g/mol. The highest BCUT2D eigenvalue weighted by Gasteiger charge is 2.41. The Morgan fingerprint density at radius 2 is 2.14 bits per heavy atom. The van der Waals surface area contributed by atoms with E-state index in [0.29, 0.717) is 17.0 Å². The predicted octanol–water partition coefficient (Wildman–Crippen LogP) is 2.56. The van der Waals surface area contributed by atoms with Gasteiger partial charge in [0.2, 0.25) is 0 Å². The number of halogens is 2. The van der Waals surface area contributed by atoms with Gasteiger partial charge in [-0.05, 0) is 18.6 Å². The number of benzene rings is 1. The number of alkyl halides is 2. The smallest absolute Gasteiger partial charge is 0.402 e. The molecule has 14 heavy (non-hydrogen) atoms. The summed E-state index contributed by atoms with van der Waals surface area (Å²) in [5, 5.41) is 2.88. The molecular weight excluding hydrogens is 188 g/mol. The van der Waals surface area contributed by atoms with Crippen molar-refractivity contribution in [3.63, 3.8) is 0 Å². The van der Waals surface area contributed by atoms with Crippen LogP contribution in [0.3, 0.4) is 0 Å². The van der Waals surface area contributed by atoms with Crippen molar-refractivity contribution in [3.8, 4) is 5.75 Å². The van der Waals surface area contributed by atoms with E-state index in [2.05, 4.69) is 10.1 Å². The van der Waals surface area contributed by atoms with Crippen molar-refractivity contribution in [2.75, 3.05) is 12.4 Å². The van der Waals surface area contributed by atoms with E-state index >= 15 is 0 Å². The van der Waals surface area contributed by atoms with E-state index in [1.54, 1.807) is 26.1 Å². The van der Waals surface area contributed by atoms with E-state index in [0.717, 1.165) is 5.56 Å². The Hall–Kier alpha value is -1.32. The van der Waals surface area contributed by atoms with Crippen molar-refractivity contribution >= 4 is 5.69 Å². The van der Waals surface area contributed by atoms with Crippen LogP contribution in [0.25, 0.3) is 0 Å². The summed E-state index contributed by atoms with van der Waals surface area (Å²) in [4.78, 5) is 0. The first kappa shape index (κ1) is 9.24. The molecule has 2 nitrogen and oxygen atoms in total. The van der Waals surface area contributed by atoms with Crippen molar-refractivity contribution < 1.29 is 13.5 Å². The zero-order valence-corrected chi connectivity index (χ0v) is 8.03. The number of anilines is 1. The zero-order valence-electron chi connectivity index (χ0n) is 8.03. The maximum atomic E-state index is 13.0. The van der Waals surface area contributed by atoms with Crippen LogP contribution in [0.15, 0.2) is 12.1 Å². The first-order valence-electron chi connectivity index (χ1n) is 4.40. The van der Waals surface area contributed by atoms with Gasteiger partial charge in [-0.1, -0.05) is 6.07 Å². The third-order valence-electron chi connectivity index (χ3n) is 2.36. The van der Waals surface area contributed by atoms with Gasteiger partial charge in [-0.15, -0.1) is 0 Å². The molecule has 2 rings (SSSR count). The molecule has 1 aromatic rings. The van der Waals surface area contributed by atoms with Gasteiger partial charge in [0.1, 0.15) is 5.75 Å².